The van der Waals surface area contributed by atoms with E-state index < -0.39 is 10.5 Å². The molecule has 3 saturated heterocycles. The van der Waals surface area contributed by atoms with Gasteiger partial charge in [-0.25, -0.2) is 4.79 Å². The van der Waals surface area contributed by atoms with E-state index in [1.54, 1.807) is 16.9 Å². The van der Waals surface area contributed by atoms with Gasteiger partial charge in [0.2, 0.25) is 0 Å². The fraction of sp³-hybridized carbons (Fsp3) is 0.655. The van der Waals surface area contributed by atoms with Crippen molar-refractivity contribution < 1.29 is 19.2 Å². The van der Waals surface area contributed by atoms with Crippen molar-refractivity contribution >= 4 is 17.5 Å². The maximum atomic E-state index is 12.4. The Morgan fingerprint density at radius 3 is 2.38 bits per heavy atom. The van der Waals surface area contributed by atoms with E-state index in [1.807, 2.05) is 45.0 Å². The molecule has 4 heterocycles. The Morgan fingerprint density at radius 2 is 1.82 bits per heavy atom. The lowest BCUT2D eigenvalue weighted by atomic mass is 9.71. The molecule has 1 amide bonds. The number of likely N-dealkylation sites (tertiary alicyclic amines) is 2. The number of nitro benzene ring substituents is 1. The topological polar surface area (TPSA) is 106 Å². The summed E-state index contributed by atoms with van der Waals surface area (Å²) in [5.41, 5.74) is 2.47. The Morgan fingerprint density at radius 1 is 1.15 bits per heavy atom. The summed E-state index contributed by atoms with van der Waals surface area (Å²) < 4.78 is 12.7. The number of nitro groups is 1. The van der Waals surface area contributed by atoms with Crippen LogP contribution in [0.25, 0.3) is 11.1 Å². The molecule has 11 heteroatoms. The van der Waals surface area contributed by atoms with E-state index in [4.69, 9.17) is 9.47 Å². The Hall–Kier alpha value is -3.34. The number of carbonyl (C=O) groups is 1. The highest BCUT2D eigenvalue weighted by Gasteiger charge is 2.45. The third kappa shape index (κ3) is 6.04. The molecule has 3 aliphatic rings. The van der Waals surface area contributed by atoms with E-state index in [2.05, 4.69) is 14.9 Å². The summed E-state index contributed by atoms with van der Waals surface area (Å²) in [5, 5.41) is 16.0. The van der Waals surface area contributed by atoms with E-state index in [-0.39, 0.29) is 17.5 Å². The number of ether oxygens (including phenoxy) is 2. The van der Waals surface area contributed by atoms with Crippen LogP contribution in [-0.4, -0.2) is 89.1 Å². The van der Waals surface area contributed by atoms with Crippen LogP contribution in [0.1, 0.15) is 46.5 Å². The number of aromatic nitrogens is 2. The Kier molecular flexibility index (Phi) is 7.69. The predicted molar refractivity (Wildman–Crippen MR) is 153 cm³/mol. The van der Waals surface area contributed by atoms with Crippen molar-refractivity contribution in [3.8, 4) is 16.9 Å². The lowest BCUT2D eigenvalue weighted by Gasteiger charge is -2.55. The van der Waals surface area contributed by atoms with Crippen molar-refractivity contribution in [1.82, 2.24) is 19.6 Å². The van der Waals surface area contributed by atoms with E-state index in [9.17, 15) is 14.9 Å². The molecule has 1 aromatic carbocycles. The summed E-state index contributed by atoms with van der Waals surface area (Å²) in [6.45, 7) is 12.4. The van der Waals surface area contributed by atoms with Crippen molar-refractivity contribution in [2.24, 2.45) is 18.4 Å². The minimum atomic E-state index is -0.458. The average molecular weight is 555 g/mol. The standard InChI is InChI=1S/C29H42N6O5/c1-28(2,3)40-27(36)34-10-6-21(7-11-34)17-32-19-29(20-32)8-12-33(13-9-29)24-15-26(39-5)25(35(37)38)14-23(24)22-16-30-31(4)18-22/h14-16,18,21H,6-13,17,19-20H2,1-5H3. The van der Waals surface area contributed by atoms with Crippen LogP contribution in [0.15, 0.2) is 24.5 Å². The number of methoxy groups -OCH3 is 1. The van der Waals surface area contributed by atoms with Gasteiger partial charge in [-0.1, -0.05) is 0 Å². The number of amides is 1. The highest BCUT2D eigenvalue weighted by molar-refractivity contribution is 5.82. The summed E-state index contributed by atoms with van der Waals surface area (Å²) in [7, 11) is 3.32. The van der Waals surface area contributed by atoms with E-state index >= 15 is 0 Å². The van der Waals surface area contributed by atoms with Crippen LogP contribution >= 0.6 is 0 Å². The second-order valence-electron chi connectivity index (χ2n) is 12.8. The first-order valence-corrected chi connectivity index (χ1v) is 14.3. The summed E-state index contributed by atoms with van der Waals surface area (Å²) in [6, 6.07) is 3.43. The number of carbonyl (C=O) groups excluding carboxylic acids is 1. The molecule has 40 heavy (non-hydrogen) atoms. The number of benzene rings is 1. The number of anilines is 1. The largest absolute Gasteiger partial charge is 0.490 e. The predicted octanol–water partition coefficient (Wildman–Crippen LogP) is 4.55. The second-order valence-corrected chi connectivity index (χ2v) is 12.8. The maximum absolute atomic E-state index is 12.4. The molecule has 1 aromatic heterocycles. The first-order valence-electron chi connectivity index (χ1n) is 14.3. The van der Waals surface area contributed by atoms with Crippen molar-refractivity contribution in [2.45, 2.75) is 52.1 Å². The quantitative estimate of drug-likeness (QED) is 0.378. The SMILES string of the molecule is COc1cc(N2CCC3(CC2)CN(CC2CCN(C(=O)OC(C)(C)C)CC2)C3)c(-c2cnn(C)c2)cc1[N+](=O)[O-]. The number of piperidine rings is 2. The van der Waals surface area contributed by atoms with Gasteiger partial charge >= 0.3 is 11.8 Å². The zero-order chi connectivity index (χ0) is 28.7. The fourth-order valence-electron chi connectivity index (χ4n) is 6.48. The van der Waals surface area contributed by atoms with Gasteiger partial charge in [0.25, 0.3) is 0 Å². The Balaban J connectivity index is 1.17. The number of hydrogen-bond donors (Lipinski definition) is 0. The van der Waals surface area contributed by atoms with E-state index in [0.29, 0.717) is 11.3 Å². The molecular weight excluding hydrogens is 512 g/mol. The first kappa shape index (κ1) is 28.2. The summed E-state index contributed by atoms with van der Waals surface area (Å²) >= 11 is 0. The van der Waals surface area contributed by atoms with Crippen molar-refractivity contribution in [2.75, 3.05) is 57.8 Å². The van der Waals surface area contributed by atoms with Crippen molar-refractivity contribution in [1.29, 1.82) is 0 Å². The van der Waals surface area contributed by atoms with Crippen molar-refractivity contribution in [3.63, 3.8) is 0 Å². The molecule has 0 saturated carbocycles. The third-order valence-corrected chi connectivity index (χ3v) is 8.58. The van der Waals surface area contributed by atoms with Gasteiger partial charge in [0.05, 0.1) is 18.2 Å². The zero-order valence-electron chi connectivity index (χ0n) is 24.4. The Bertz CT molecular complexity index is 1230. The Labute approximate surface area is 236 Å². The molecule has 0 bridgehead atoms. The molecule has 0 radical (unpaired) electrons. The molecule has 0 unspecified atom stereocenters. The molecule has 0 N–H and O–H groups in total. The summed E-state index contributed by atoms with van der Waals surface area (Å²) in [4.78, 5) is 30.5. The molecule has 2 aromatic rings. The van der Waals surface area contributed by atoms with Crippen LogP contribution in [0, 0.1) is 21.4 Å². The maximum Gasteiger partial charge on any atom is 0.410 e. The molecule has 1 spiro atoms. The van der Waals surface area contributed by atoms with Crippen LogP contribution < -0.4 is 9.64 Å². The number of hydrogen-bond acceptors (Lipinski definition) is 8. The monoisotopic (exact) mass is 554 g/mol. The highest BCUT2D eigenvalue weighted by Crippen LogP contribution is 2.45. The lowest BCUT2D eigenvalue weighted by Crippen LogP contribution is -2.61. The van der Waals surface area contributed by atoms with Gasteiger partial charge in [-0.05, 0) is 57.8 Å². The third-order valence-electron chi connectivity index (χ3n) is 8.58. The van der Waals surface area contributed by atoms with Gasteiger partial charge in [0.1, 0.15) is 5.60 Å². The van der Waals surface area contributed by atoms with Crippen molar-refractivity contribution in [3.05, 3.63) is 34.6 Å². The number of nitrogens with zero attached hydrogens (tertiary/aromatic N) is 6. The molecular formula is C29H42N6O5. The zero-order valence-corrected chi connectivity index (χ0v) is 24.4. The van der Waals surface area contributed by atoms with Crippen LogP contribution in [-0.2, 0) is 11.8 Å². The van der Waals surface area contributed by atoms with Crippen LogP contribution in [0.4, 0.5) is 16.2 Å². The molecule has 11 nitrogen and oxygen atoms in total. The highest BCUT2D eigenvalue weighted by atomic mass is 16.6. The lowest BCUT2D eigenvalue weighted by molar-refractivity contribution is -0.385. The van der Waals surface area contributed by atoms with Gasteiger partial charge in [0.15, 0.2) is 5.75 Å². The van der Waals surface area contributed by atoms with Gasteiger partial charge in [0, 0.05) is 88.0 Å². The normalized spacial score (nSPS) is 19.9. The van der Waals surface area contributed by atoms with Crippen LogP contribution in [0.3, 0.4) is 0 Å². The van der Waals surface area contributed by atoms with Crippen LogP contribution in [0.2, 0.25) is 0 Å². The minimum absolute atomic E-state index is 0.0369. The molecule has 5 rings (SSSR count). The van der Waals surface area contributed by atoms with Gasteiger partial charge in [-0.2, -0.15) is 5.10 Å². The smallest absolute Gasteiger partial charge is 0.410 e. The minimum Gasteiger partial charge on any atom is -0.490 e. The summed E-state index contributed by atoms with van der Waals surface area (Å²) in [6.07, 6.45) is 7.67. The van der Waals surface area contributed by atoms with Gasteiger partial charge < -0.3 is 24.2 Å². The first-order chi connectivity index (χ1) is 18.9. The van der Waals surface area contributed by atoms with E-state index in [1.165, 1.54) is 7.11 Å². The van der Waals surface area contributed by atoms with Gasteiger partial charge in [-0.15, -0.1) is 0 Å². The molecule has 3 fully saturated rings. The van der Waals surface area contributed by atoms with Crippen LogP contribution in [0.5, 0.6) is 5.75 Å². The molecule has 3 aliphatic heterocycles. The summed E-state index contributed by atoms with van der Waals surface area (Å²) in [5.74, 6) is 0.895. The molecule has 218 valence electrons. The molecule has 0 atom stereocenters. The molecule has 0 aliphatic carbocycles. The number of aryl methyl sites for hydroxylation is 1. The van der Waals surface area contributed by atoms with E-state index in [0.717, 1.165) is 88.3 Å². The second kappa shape index (κ2) is 10.9. The average Bonchev–Trinajstić information content (AvgIpc) is 3.32. The number of rotatable bonds is 6. The fourth-order valence-corrected chi connectivity index (χ4v) is 6.48. The van der Waals surface area contributed by atoms with Gasteiger partial charge in [-0.3, -0.25) is 14.8 Å².